The zero-order valence-corrected chi connectivity index (χ0v) is 19.8. The Hall–Kier alpha value is -4.18. The van der Waals surface area contributed by atoms with E-state index in [2.05, 4.69) is 4.99 Å². The van der Waals surface area contributed by atoms with Gasteiger partial charge < -0.3 is 19.4 Å². The Labute approximate surface area is 209 Å². The average molecular weight is 510 g/mol. The summed E-state index contributed by atoms with van der Waals surface area (Å²) in [6.07, 6.45) is 1.63. The van der Waals surface area contributed by atoms with Gasteiger partial charge in [0.25, 0.3) is 5.91 Å². The number of nitrogens with zero attached hydrogens (tertiary/aromatic N) is 2. The molecule has 1 aliphatic heterocycles. The molecule has 0 radical (unpaired) electrons. The van der Waals surface area contributed by atoms with Crippen LogP contribution < -0.4 is 19.5 Å². The molecular formula is C26H19F2N2O5S-. The molecular weight excluding hydrogens is 490 g/mol. The lowest BCUT2D eigenvalue weighted by Crippen LogP contribution is -2.29. The van der Waals surface area contributed by atoms with Crippen LogP contribution in [0.15, 0.2) is 76.6 Å². The van der Waals surface area contributed by atoms with Gasteiger partial charge in [0, 0.05) is 0 Å². The summed E-state index contributed by atoms with van der Waals surface area (Å²) in [6.45, 7) is 1.44. The Morgan fingerprint density at radius 3 is 2.31 bits per heavy atom. The lowest BCUT2D eigenvalue weighted by atomic mass is 10.1. The van der Waals surface area contributed by atoms with Gasteiger partial charge in [-0.05, 0) is 91.0 Å². The molecule has 0 aliphatic carbocycles. The third kappa shape index (κ3) is 5.89. The molecule has 0 saturated carbocycles. The highest BCUT2D eigenvalue weighted by molar-refractivity contribution is 8.19. The minimum absolute atomic E-state index is 0.222. The average Bonchev–Trinajstić information content (AvgIpc) is 3.15. The number of hydrogen-bond acceptors (Lipinski definition) is 7. The van der Waals surface area contributed by atoms with Crippen molar-refractivity contribution in [3.8, 4) is 11.5 Å². The van der Waals surface area contributed by atoms with Crippen LogP contribution in [-0.2, 0) is 9.59 Å². The molecule has 1 heterocycles. The molecule has 0 aromatic heterocycles. The number of aliphatic imine (C=N–C) groups is 1. The first-order chi connectivity index (χ1) is 17.3. The van der Waals surface area contributed by atoms with E-state index in [9.17, 15) is 23.5 Å². The predicted molar refractivity (Wildman–Crippen MR) is 131 cm³/mol. The van der Waals surface area contributed by atoms with Crippen molar-refractivity contribution in [2.24, 2.45) is 4.99 Å². The van der Waals surface area contributed by atoms with Gasteiger partial charge in [-0.3, -0.25) is 9.69 Å². The summed E-state index contributed by atoms with van der Waals surface area (Å²) in [7, 11) is 0. The molecule has 1 fully saturated rings. The second-order valence-electron chi connectivity index (χ2n) is 7.40. The summed E-state index contributed by atoms with van der Waals surface area (Å²) >= 11 is 1.10. The Morgan fingerprint density at radius 1 is 1.00 bits per heavy atom. The van der Waals surface area contributed by atoms with Crippen molar-refractivity contribution in [1.29, 1.82) is 0 Å². The van der Waals surface area contributed by atoms with Crippen molar-refractivity contribution in [2.75, 3.05) is 18.1 Å². The molecule has 10 heteroatoms. The fourth-order valence-corrected chi connectivity index (χ4v) is 4.28. The number of carbonyl (C=O) groups excluding carboxylic acids is 2. The number of amides is 1. The maximum atomic E-state index is 13.5. The molecule has 7 nitrogen and oxygen atoms in total. The minimum atomic E-state index is -1.37. The molecule has 0 bridgehead atoms. The molecule has 4 rings (SSSR count). The van der Waals surface area contributed by atoms with E-state index >= 15 is 0 Å². The lowest BCUT2D eigenvalue weighted by molar-refractivity contribution is -0.307. The Kier molecular flexibility index (Phi) is 7.65. The number of thioether (sulfide) groups is 1. The van der Waals surface area contributed by atoms with Gasteiger partial charge in [0.1, 0.15) is 18.2 Å². The van der Waals surface area contributed by atoms with Gasteiger partial charge in [-0.1, -0.05) is 6.07 Å². The fourth-order valence-electron chi connectivity index (χ4n) is 3.28. The molecule has 1 amide bonds. The van der Waals surface area contributed by atoms with Crippen LogP contribution in [-0.4, -0.2) is 30.3 Å². The van der Waals surface area contributed by atoms with Gasteiger partial charge in [0.15, 0.2) is 16.7 Å². The number of rotatable bonds is 8. The molecule has 36 heavy (non-hydrogen) atoms. The smallest absolute Gasteiger partial charge is 0.271 e. The van der Waals surface area contributed by atoms with E-state index < -0.39 is 24.2 Å². The van der Waals surface area contributed by atoms with Crippen molar-refractivity contribution >= 4 is 46.3 Å². The Balaban J connectivity index is 1.71. The van der Waals surface area contributed by atoms with Crippen molar-refractivity contribution in [3.05, 3.63) is 88.8 Å². The van der Waals surface area contributed by atoms with E-state index in [0.717, 1.165) is 11.8 Å². The number of benzene rings is 3. The second-order valence-corrected chi connectivity index (χ2v) is 8.41. The maximum Gasteiger partial charge on any atom is 0.271 e. The second kappa shape index (κ2) is 11.0. The topological polar surface area (TPSA) is 91.3 Å². The number of aliphatic carboxylic acids is 1. The molecule has 0 spiro atoms. The zero-order chi connectivity index (χ0) is 25.7. The summed E-state index contributed by atoms with van der Waals surface area (Å²) in [6, 6.07) is 15.7. The van der Waals surface area contributed by atoms with E-state index in [-0.39, 0.29) is 11.7 Å². The summed E-state index contributed by atoms with van der Waals surface area (Å²) in [5, 5.41) is 11.0. The van der Waals surface area contributed by atoms with E-state index in [1.807, 2.05) is 0 Å². The van der Waals surface area contributed by atoms with Crippen LogP contribution in [0.5, 0.6) is 11.5 Å². The number of amidine groups is 1. The molecule has 0 N–H and O–H groups in total. The van der Waals surface area contributed by atoms with Gasteiger partial charge >= 0.3 is 0 Å². The summed E-state index contributed by atoms with van der Waals surface area (Å²) in [5.41, 5.74) is 1.45. The molecule has 184 valence electrons. The highest BCUT2D eigenvalue weighted by Crippen LogP contribution is 2.38. The van der Waals surface area contributed by atoms with Crippen LogP contribution in [0.2, 0.25) is 0 Å². The van der Waals surface area contributed by atoms with Gasteiger partial charge in [0.05, 0.1) is 28.9 Å². The third-order valence-electron chi connectivity index (χ3n) is 4.85. The Morgan fingerprint density at radius 2 is 1.67 bits per heavy atom. The van der Waals surface area contributed by atoms with Crippen molar-refractivity contribution in [1.82, 2.24) is 0 Å². The van der Waals surface area contributed by atoms with Crippen molar-refractivity contribution in [3.63, 3.8) is 0 Å². The SMILES string of the molecule is CCOc1cc(C=C2SC(=Nc3ccc(F)cc3)N(c3ccc(F)cc3)C2=O)ccc1OCC(=O)[O-]. The number of carboxylic acid groups (broad SMARTS) is 1. The molecule has 1 aliphatic rings. The molecule has 1 saturated heterocycles. The van der Waals surface area contributed by atoms with E-state index in [1.54, 1.807) is 25.1 Å². The summed E-state index contributed by atoms with van der Waals surface area (Å²) in [5.74, 6) is -2.09. The van der Waals surface area contributed by atoms with Gasteiger partial charge in [-0.25, -0.2) is 13.8 Å². The first-order valence-corrected chi connectivity index (χ1v) is 11.6. The monoisotopic (exact) mass is 509 g/mol. The molecule has 0 unspecified atom stereocenters. The number of halogens is 2. The highest BCUT2D eigenvalue weighted by Gasteiger charge is 2.34. The largest absolute Gasteiger partial charge is 0.546 e. The maximum absolute atomic E-state index is 13.5. The van der Waals surface area contributed by atoms with Crippen LogP contribution in [0.4, 0.5) is 20.2 Å². The first-order valence-electron chi connectivity index (χ1n) is 10.8. The van der Waals surface area contributed by atoms with Crippen LogP contribution in [0, 0.1) is 11.6 Å². The highest BCUT2D eigenvalue weighted by atomic mass is 32.2. The van der Waals surface area contributed by atoms with E-state index in [1.165, 1.54) is 59.5 Å². The molecule has 0 atom stereocenters. The van der Waals surface area contributed by atoms with Crippen LogP contribution >= 0.6 is 11.8 Å². The lowest BCUT2D eigenvalue weighted by Gasteiger charge is -2.15. The third-order valence-corrected chi connectivity index (χ3v) is 5.82. The fraction of sp³-hybridized carbons (Fsp3) is 0.115. The predicted octanol–water partition coefficient (Wildman–Crippen LogP) is 4.30. The number of ether oxygens (including phenoxy) is 2. The van der Waals surface area contributed by atoms with E-state index in [4.69, 9.17) is 9.47 Å². The van der Waals surface area contributed by atoms with Crippen LogP contribution in [0.25, 0.3) is 6.08 Å². The first kappa shape index (κ1) is 24.9. The van der Waals surface area contributed by atoms with Crippen LogP contribution in [0.3, 0.4) is 0 Å². The minimum Gasteiger partial charge on any atom is -0.546 e. The standard InChI is InChI=1S/C26H20F2N2O5S/c1-2-34-22-13-16(3-12-21(22)35-15-24(31)32)14-23-25(33)30(20-10-6-18(28)7-11-20)26(36-23)29-19-8-4-17(27)5-9-19/h3-14H,2,15H2,1H3,(H,31,32)/p-1. The van der Waals surface area contributed by atoms with Crippen LogP contribution in [0.1, 0.15) is 12.5 Å². The number of carbonyl (C=O) groups is 2. The van der Waals surface area contributed by atoms with Crippen molar-refractivity contribution < 1.29 is 33.0 Å². The number of anilines is 1. The molecule has 3 aromatic rings. The zero-order valence-electron chi connectivity index (χ0n) is 18.9. The van der Waals surface area contributed by atoms with Gasteiger partial charge in [0.2, 0.25) is 0 Å². The van der Waals surface area contributed by atoms with Gasteiger partial charge in [-0.2, -0.15) is 0 Å². The summed E-state index contributed by atoms with van der Waals surface area (Å²) in [4.78, 5) is 30.3. The van der Waals surface area contributed by atoms with Crippen molar-refractivity contribution in [2.45, 2.75) is 6.92 Å². The molecule has 3 aromatic carbocycles. The quantitative estimate of drug-likeness (QED) is 0.421. The number of hydrogen-bond donors (Lipinski definition) is 0. The van der Waals surface area contributed by atoms with E-state index in [0.29, 0.717) is 39.4 Å². The Bertz CT molecular complexity index is 1340. The normalized spacial score (nSPS) is 15.5. The van der Waals surface area contributed by atoms with Gasteiger partial charge in [-0.15, -0.1) is 0 Å². The summed E-state index contributed by atoms with van der Waals surface area (Å²) < 4.78 is 37.6. The number of carboxylic acids is 1.